The standard InChI is InChI=1S/C34H37NO6S.ClH/c1-24(2)34(36)41-29-14-18-32-26(23-29)9-17-31(25-7-15-30(16-8-25)42(3,37)38)33(32)40-28-12-10-27(11-13-28)39-22-21-35-19-5-4-6-20-35;/h7-18,23-24H,4-6,19-22H2,1-3H3;1H. The van der Waals surface area contributed by atoms with Crippen LogP contribution in [0.5, 0.6) is 23.0 Å². The molecule has 1 heterocycles. The van der Waals surface area contributed by atoms with Crippen LogP contribution < -0.4 is 14.2 Å². The van der Waals surface area contributed by atoms with Crippen LogP contribution in [0.4, 0.5) is 0 Å². The lowest BCUT2D eigenvalue weighted by Gasteiger charge is -2.26. The minimum Gasteiger partial charge on any atom is -0.492 e. The summed E-state index contributed by atoms with van der Waals surface area (Å²) in [5.74, 6) is 1.95. The van der Waals surface area contributed by atoms with Gasteiger partial charge in [0.05, 0.1) is 10.8 Å². The zero-order chi connectivity index (χ0) is 29.7. The van der Waals surface area contributed by atoms with Crippen molar-refractivity contribution in [1.29, 1.82) is 0 Å². The average molecular weight is 624 g/mol. The normalized spacial score (nSPS) is 13.9. The molecule has 1 aliphatic rings. The highest BCUT2D eigenvalue weighted by Gasteiger charge is 2.16. The maximum Gasteiger partial charge on any atom is 0.313 e. The topological polar surface area (TPSA) is 82.1 Å². The number of piperidine rings is 1. The summed E-state index contributed by atoms with van der Waals surface area (Å²) in [4.78, 5) is 14.9. The van der Waals surface area contributed by atoms with E-state index in [2.05, 4.69) is 4.90 Å². The van der Waals surface area contributed by atoms with Crippen LogP contribution in [-0.4, -0.2) is 51.8 Å². The van der Waals surface area contributed by atoms with Gasteiger partial charge < -0.3 is 14.2 Å². The number of carbonyl (C=O) groups excluding carboxylic acids is 1. The molecule has 1 aliphatic heterocycles. The van der Waals surface area contributed by atoms with E-state index in [0.29, 0.717) is 23.9 Å². The van der Waals surface area contributed by atoms with Crippen LogP contribution in [0, 0.1) is 5.92 Å². The lowest BCUT2D eigenvalue weighted by atomic mass is 9.99. The molecule has 228 valence electrons. The van der Waals surface area contributed by atoms with Crippen LogP contribution in [-0.2, 0) is 14.6 Å². The Kier molecular flexibility index (Phi) is 10.7. The zero-order valence-corrected chi connectivity index (χ0v) is 26.4. The Morgan fingerprint density at radius 1 is 0.837 bits per heavy atom. The summed E-state index contributed by atoms with van der Waals surface area (Å²) in [6.07, 6.45) is 5.02. The number of fused-ring (bicyclic) bond motifs is 1. The van der Waals surface area contributed by atoms with Gasteiger partial charge >= 0.3 is 5.97 Å². The lowest BCUT2D eigenvalue weighted by molar-refractivity contribution is -0.137. The first kappa shape index (κ1) is 32.3. The SMILES string of the molecule is CC(C)C(=O)Oc1ccc2c(Oc3ccc(OCCN4CCCCC4)cc3)c(-c3ccc(S(C)(=O)=O)cc3)ccc2c1.Cl. The van der Waals surface area contributed by atoms with Gasteiger partial charge in [-0.1, -0.05) is 38.5 Å². The van der Waals surface area contributed by atoms with Crippen molar-refractivity contribution < 1.29 is 27.4 Å². The summed E-state index contributed by atoms with van der Waals surface area (Å²) in [5, 5.41) is 1.67. The molecule has 0 amide bonds. The summed E-state index contributed by atoms with van der Waals surface area (Å²) < 4.78 is 42.1. The third kappa shape index (κ3) is 8.28. The Hall–Kier alpha value is -3.59. The second-order valence-corrected chi connectivity index (χ2v) is 13.0. The second-order valence-electron chi connectivity index (χ2n) is 11.0. The van der Waals surface area contributed by atoms with E-state index < -0.39 is 9.84 Å². The van der Waals surface area contributed by atoms with Crippen molar-refractivity contribution in [1.82, 2.24) is 4.90 Å². The van der Waals surface area contributed by atoms with E-state index in [4.69, 9.17) is 14.2 Å². The van der Waals surface area contributed by atoms with Gasteiger partial charge in [0.15, 0.2) is 9.84 Å². The van der Waals surface area contributed by atoms with Gasteiger partial charge in [0.25, 0.3) is 0 Å². The third-order valence-electron chi connectivity index (χ3n) is 7.39. The number of carbonyl (C=O) groups is 1. The average Bonchev–Trinajstić information content (AvgIpc) is 2.98. The minimum absolute atomic E-state index is 0. The number of esters is 1. The highest BCUT2D eigenvalue weighted by molar-refractivity contribution is 7.90. The van der Waals surface area contributed by atoms with Crippen LogP contribution in [0.25, 0.3) is 21.9 Å². The van der Waals surface area contributed by atoms with Crippen LogP contribution in [0.15, 0.2) is 83.8 Å². The summed E-state index contributed by atoms with van der Waals surface area (Å²) in [5.41, 5.74) is 1.61. The quantitative estimate of drug-likeness (QED) is 0.133. The molecule has 4 aromatic rings. The number of benzene rings is 4. The number of hydrogen-bond donors (Lipinski definition) is 0. The van der Waals surface area contributed by atoms with Crippen molar-refractivity contribution >= 4 is 39.0 Å². The van der Waals surface area contributed by atoms with E-state index in [1.807, 2.05) is 48.5 Å². The zero-order valence-electron chi connectivity index (χ0n) is 24.7. The molecule has 4 aromatic carbocycles. The lowest BCUT2D eigenvalue weighted by Crippen LogP contribution is -2.33. The van der Waals surface area contributed by atoms with Gasteiger partial charge in [-0.05, 0) is 97.5 Å². The molecule has 1 saturated heterocycles. The van der Waals surface area contributed by atoms with Gasteiger partial charge in [-0.2, -0.15) is 0 Å². The molecule has 0 spiro atoms. The molecule has 5 rings (SSSR count). The van der Waals surface area contributed by atoms with Gasteiger partial charge in [0.2, 0.25) is 0 Å². The first-order valence-corrected chi connectivity index (χ1v) is 16.3. The number of rotatable bonds is 10. The number of hydrogen-bond acceptors (Lipinski definition) is 7. The molecule has 0 N–H and O–H groups in total. The van der Waals surface area contributed by atoms with E-state index in [-0.39, 0.29) is 29.2 Å². The van der Waals surface area contributed by atoms with Crippen LogP contribution >= 0.6 is 12.4 Å². The summed E-state index contributed by atoms with van der Waals surface area (Å²) >= 11 is 0. The Balaban J connectivity index is 0.00000423. The van der Waals surface area contributed by atoms with E-state index in [9.17, 15) is 13.2 Å². The highest BCUT2D eigenvalue weighted by Crippen LogP contribution is 2.41. The largest absolute Gasteiger partial charge is 0.492 e. The van der Waals surface area contributed by atoms with Crippen molar-refractivity contribution in [3.63, 3.8) is 0 Å². The van der Waals surface area contributed by atoms with Gasteiger partial charge in [-0.15, -0.1) is 12.4 Å². The molecular formula is C34H38ClNO6S. The number of ether oxygens (including phenoxy) is 3. The number of nitrogens with zero attached hydrogens (tertiary/aromatic N) is 1. The fourth-order valence-electron chi connectivity index (χ4n) is 4.99. The molecule has 0 radical (unpaired) electrons. The van der Waals surface area contributed by atoms with E-state index in [1.165, 1.54) is 25.5 Å². The van der Waals surface area contributed by atoms with E-state index in [1.54, 1.807) is 44.2 Å². The van der Waals surface area contributed by atoms with Gasteiger partial charge in [-0.25, -0.2) is 8.42 Å². The summed E-state index contributed by atoms with van der Waals surface area (Å²) in [6, 6.07) is 23.6. The molecule has 0 aliphatic carbocycles. The Bertz CT molecular complexity index is 1650. The Labute approximate surface area is 260 Å². The summed E-state index contributed by atoms with van der Waals surface area (Å²) in [7, 11) is -3.32. The minimum atomic E-state index is -3.32. The predicted octanol–water partition coefficient (Wildman–Crippen LogP) is 7.55. The van der Waals surface area contributed by atoms with Crippen molar-refractivity contribution in [2.75, 3.05) is 32.5 Å². The fraction of sp³-hybridized carbons (Fsp3) is 0.324. The van der Waals surface area contributed by atoms with Gasteiger partial charge in [-0.3, -0.25) is 9.69 Å². The van der Waals surface area contributed by atoms with E-state index >= 15 is 0 Å². The monoisotopic (exact) mass is 623 g/mol. The molecule has 7 nitrogen and oxygen atoms in total. The van der Waals surface area contributed by atoms with Crippen molar-refractivity contribution in [3.8, 4) is 34.1 Å². The maximum absolute atomic E-state index is 12.2. The predicted molar refractivity (Wildman–Crippen MR) is 173 cm³/mol. The number of sulfone groups is 1. The second kappa shape index (κ2) is 14.3. The first-order chi connectivity index (χ1) is 20.2. The molecular weight excluding hydrogens is 586 g/mol. The molecule has 0 saturated carbocycles. The number of halogens is 1. The fourth-order valence-corrected chi connectivity index (χ4v) is 5.62. The Morgan fingerprint density at radius 3 is 2.14 bits per heavy atom. The molecule has 0 bridgehead atoms. The maximum atomic E-state index is 12.2. The van der Waals surface area contributed by atoms with Crippen molar-refractivity contribution in [2.24, 2.45) is 5.92 Å². The number of likely N-dealkylation sites (tertiary alicyclic amines) is 1. The van der Waals surface area contributed by atoms with Crippen molar-refractivity contribution in [3.05, 3.63) is 78.9 Å². The third-order valence-corrected chi connectivity index (χ3v) is 8.52. The molecule has 0 aromatic heterocycles. The van der Waals surface area contributed by atoms with Gasteiger partial charge in [0, 0.05) is 23.8 Å². The van der Waals surface area contributed by atoms with Gasteiger partial charge in [0.1, 0.15) is 29.6 Å². The van der Waals surface area contributed by atoms with Crippen molar-refractivity contribution in [2.45, 2.75) is 38.0 Å². The summed E-state index contributed by atoms with van der Waals surface area (Å²) in [6.45, 7) is 7.43. The molecule has 43 heavy (non-hydrogen) atoms. The molecule has 0 unspecified atom stereocenters. The van der Waals surface area contributed by atoms with Crippen LogP contribution in [0.2, 0.25) is 0 Å². The van der Waals surface area contributed by atoms with E-state index in [0.717, 1.165) is 47.3 Å². The highest BCUT2D eigenvalue weighted by atomic mass is 35.5. The molecule has 9 heteroatoms. The smallest absolute Gasteiger partial charge is 0.313 e. The Morgan fingerprint density at radius 2 is 1.49 bits per heavy atom. The van der Waals surface area contributed by atoms with Crippen LogP contribution in [0.1, 0.15) is 33.1 Å². The first-order valence-electron chi connectivity index (χ1n) is 14.4. The molecule has 0 atom stereocenters. The van der Waals surface area contributed by atoms with Crippen LogP contribution in [0.3, 0.4) is 0 Å². The molecule has 1 fully saturated rings.